The van der Waals surface area contributed by atoms with Crippen molar-refractivity contribution < 1.29 is 14.6 Å². The number of hydrogen-bond donors (Lipinski definition) is 3. The third-order valence-electron chi connectivity index (χ3n) is 7.63. The van der Waals surface area contributed by atoms with Gasteiger partial charge in [-0.25, -0.2) is 19.7 Å². The van der Waals surface area contributed by atoms with Crippen molar-refractivity contribution in [3.05, 3.63) is 96.4 Å². The van der Waals surface area contributed by atoms with Crippen LogP contribution in [-0.2, 0) is 17.6 Å². The highest BCUT2D eigenvalue weighted by Crippen LogP contribution is 2.21. The Morgan fingerprint density at radius 2 is 1.84 bits per heavy atom. The number of carboxylic acid groups (broad SMARTS) is 1. The number of carboxylic acids is 1. The van der Waals surface area contributed by atoms with Crippen molar-refractivity contribution in [2.45, 2.75) is 44.6 Å². The van der Waals surface area contributed by atoms with Crippen LogP contribution in [-0.4, -0.2) is 69.8 Å². The second-order valence-corrected chi connectivity index (χ2v) is 10.8. The fourth-order valence-electron chi connectivity index (χ4n) is 5.22. The Hall–Kier alpha value is -4.50. The predicted octanol–water partition coefficient (Wildman–Crippen LogP) is 5.56. The zero-order chi connectivity index (χ0) is 29.7. The van der Waals surface area contributed by atoms with Gasteiger partial charge in [-0.05, 0) is 80.5 Å². The number of aromatic nitrogens is 3. The number of benzene rings is 1. The molecule has 0 aliphatic carbocycles. The van der Waals surface area contributed by atoms with Gasteiger partial charge in [0, 0.05) is 49.4 Å². The zero-order valence-corrected chi connectivity index (χ0v) is 24.5. The summed E-state index contributed by atoms with van der Waals surface area (Å²) in [4.78, 5) is 28.0. The van der Waals surface area contributed by atoms with E-state index in [1.165, 1.54) is 5.56 Å². The Labute approximate surface area is 253 Å². The van der Waals surface area contributed by atoms with Gasteiger partial charge < -0.3 is 20.5 Å². The van der Waals surface area contributed by atoms with Crippen molar-refractivity contribution in [3.8, 4) is 17.0 Å². The number of nitrogens with one attached hydrogen (secondary N) is 2. The monoisotopic (exact) mass is 580 g/mol. The van der Waals surface area contributed by atoms with Gasteiger partial charge in [-0.1, -0.05) is 42.5 Å². The van der Waals surface area contributed by atoms with Gasteiger partial charge in [-0.3, -0.25) is 4.90 Å². The lowest BCUT2D eigenvalue weighted by atomic mass is 10.1. The molecular formula is C34H40N6O3. The Morgan fingerprint density at radius 1 is 0.953 bits per heavy atom. The van der Waals surface area contributed by atoms with E-state index >= 15 is 0 Å². The number of aryl methyl sites for hydroxylation is 2. The molecule has 4 aromatic rings. The largest absolute Gasteiger partial charge is 0.480 e. The number of aliphatic carboxylic acids is 1. The maximum absolute atomic E-state index is 12.2. The first-order valence-corrected chi connectivity index (χ1v) is 15.1. The first-order valence-electron chi connectivity index (χ1n) is 15.1. The fraction of sp³-hybridized carbons (Fsp3) is 0.353. The summed E-state index contributed by atoms with van der Waals surface area (Å²) >= 11 is 0. The lowest BCUT2D eigenvalue weighted by Gasteiger charge is -2.24. The van der Waals surface area contributed by atoms with E-state index < -0.39 is 12.0 Å². The quantitative estimate of drug-likeness (QED) is 0.147. The normalized spacial score (nSPS) is 13.1. The van der Waals surface area contributed by atoms with E-state index in [1.807, 2.05) is 60.7 Å². The third-order valence-corrected chi connectivity index (χ3v) is 7.63. The molecule has 0 bridgehead atoms. The first-order chi connectivity index (χ1) is 21.1. The standard InChI is InChI=1S/C34H40N6O3/c41-34(42)30(39-31-17-15-28(25-37-31)26-9-2-1-3-10-26)18-22-40(23-24-43-32-13-4-6-19-35-32)21-7-5-12-29-16-14-27-11-8-20-36-33(27)38-29/h1-4,6,9-10,13-17,19,25,30H,5,7-8,11-12,18,20-24H2,(H,36,38)(H,37,39)(H,41,42)/t30-/m0/s1. The summed E-state index contributed by atoms with van der Waals surface area (Å²) in [5.41, 5.74) is 4.47. The van der Waals surface area contributed by atoms with Crippen LogP contribution in [0.15, 0.2) is 85.2 Å². The van der Waals surface area contributed by atoms with Crippen LogP contribution in [0, 0.1) is 0 Å². The lowest BCUT2D eigenvalue weighted by Crippen LogP contribution is -2.37. The van der Waals surface area contributed by atoms with Crippen LogP contribution in [0.5, 0.6) is 5.88 Å². The van der Waals surface area contributed by atoms with Crippen LogP contribution in [0.2, 0.25) is 0 Å². The van der Waals surface area contributed by atoms with Gasteiger partial charge in [-0.2, -0.15) is 0 Å². The molecule has 5 rings (SSSR count). The highest BCUT2D eigenvalue weighted by molar-refractivity contribution is 5.77. The number of nitrogens with zero attached hydrogens (tertiary/aromatic N) is 4. The van der Waals surface area contributed by atoms with E-state index in [1.54, 1.807) is 12.4 Å². The van der Waals surface area contributed by atoms with Crippen LogP contribution >= 0.6 is 0 Å². The number of rotatable bonds is 16. The zero-order valence-electron chi connectivity index (χ0n) is 24.5. The average molecular weight is 581 g/mol. The summed E-state index contributed by atoms with van der Waals surface area (Å²) in [6.07, 6.45) is 9.04. The summed E-state index contributed by atoms with van der Waals surface area (Å²) in [6, 6.07) is 23.0. The number of carbonyl (C=O) groups is 1. The molecule has 1 aliphatic heterocycles. The molecule has 1 aliphatic rings. The molecule has 3 aromatic heterocycles. The summed E-state index contributed by atoms with van der Waals surface area (Å²) in [6.45, 7) is 3.58. The highest BCUT2D eigenvalue weighted by Gasteiger charge is 2.19. The predicted molar refractivity (Wildman–Crippen MR) is 169 cm³/mol. The van der Waals surface area contributed by atoms with Crippen molar-refractivity contribution in [3.63, 3.8) is 0 Å². The maximum Gasteiger partial charge on any atom is 0.326 e. The molecule has 0 saturated heterocycles. The molecular weight excluding hydrogens is 540 g/mol. The number of ether oxygens (including phenoxy) is 1. The average Bonchev–Trinajstić information content (AvgIpc) is 3.05. The van der Waals surface area contributed by atoms with Crippen molar-refractivity contribution in [2.75, 3.05) is 43.4 Å². The molecule has 224 valence electrons. The van der Waals surface area contributed by atoms with E-state index in [-0.39, 0.29) is 0 Å². The highest BCUT2D eigenvalue weighted by atomic mass is 16.5. The van der Waals surface area contributed by atoms with E-state index in [9.17, 15) is 9.90 Å². The maximum atomic E-state index is 12.2. The first kappa shape index (κ1) is 30.0. The molecule has 9 nitrogen and oxygen atoms in total. The molecule has 43 heavy (non-hydrogen) atoms. The molecule has 0 amide bonds. The molecule has 3 N–H and O–H groups in total. The van der Waals surface area contributed by atoms with Crippen LogP contribution in [0.25, 0.3) is 11.1 Å². The second kappa shape index (κ2) is 15.7. The Balaban J connectivity index is 1.14. The van der Waals surface area contributed by atoms with E-state index in [2.05, 4.69) is 37.6 Å². The lowest BCUT2D eigenvalue weighted by molar-refractivity contribution is -0.138. The van der Waals surface area contributed by atoms with Gasteiger partial charge in [0.05, 0.1) is 0 Å². The third kappa shape index (κ3) is 9.24. The van der Waals surface area contributed by atoms with E-state index in [0.717, 1.165) is 67.8 Å². The van der Waals surface area contributed by atoms with Crippen LogP contribution < -0.4 is 15.4 Å². The Kier molecular flexibility index (Phi) is 10.9. The number of fused-ring (bicyclic) bond motifs is 1. The van der Waals surface area contributed by atoms with Gasteiger partial charge in [0.2, 0.25) is 5.88 Å². The summed E-state index contributed by atoms with van der Waals surface area (Å²) in [7, 11) is 0. The van der Waals surface area contributed by atoms with Crippen molar-refractivity contribution in [2.24, 2.45) is 0 Å². The molecule has 0 radical (unpaired) electrons. The molecule has 0 saturated carbocycles. The number of pyridine rings is 3. The van der Waals surface area contributed by atoms with Crippen LogP contribution in [0.1, 0.15) is 36.9 Å². The smallest absolute Gasteiger partial charge is 0.326 e. The minimum Gasteiger partial charge on any atom is -0.480 e. The molecule has 0 fully saturated rings. The SMILES string of the molecule is O=C(O)[C@H](CCN(CCCCc1ccc2c(n1)NCCC2)CCOc1ccccn1)Nc1ccc(-c2ccccc2)cn1. The Morgan fingerprint density at radius 3 is 2.63 bits per heavy atom. The minimum absolute atomic E-state index is 0.430. The number of unbranched alkanes of at least 4 members (excludes halogenated alkanes) is 1. The second-order valence-electron chi connectivity index (χ2n) is 10.8. The van der Waals surface area contributed by atoms with Crippen molar-refractivity contribution >= 4 is 17.6 Å². The molecule has 9 heteroatoms. The molecule has 0 unspecified atom stereocenters. The van der Waals surface area contributed by atoms with Gasteiger partial charge in [0.25, 0.3) is 0 Å². The summed E-state index contributed by atoms with van der Waals surface area (Å²) < 4.78 is 5.85. The van der Waals surface area contributed by atoms with Crippen molar-refractivity contribution in [1.29, 1.82) is 0 Å². The van der Waals surface area contributed by atoms with Crippen molar-refractivity contribution in [1.82, 2.24) is 19.9 Å². The molecule has 4 heterocycles. The van der Waals surface area contributed by atoms with Gasteiger partial charge in [-0.15, -0.1) is 0 Å². The summed E-state index contributed by atoms with van der Waals surface area (Å²) in [5, 5.41) is 16.5. The number of hydrogen-bond acceptors (Lipinski definition) is 8. The molecule has 1 atom stereocenters. The topological polar surface area (TPSA) is 112 Å². The Bertz CT molecular complexity index is 1420. The van der Waals surface area contributed by atoms with Crippen LogP contribution in [0.3, 0.4) is 0 Å². The van der Waals surface area contributed by atoms with Crippen LogP contribution in [0.4, 0.5) is 11.6 Å². The van der Waals surface area contributed by atoms with E-state index in [4.69, 9.17) is 9.72 Å². The van der Waals surface area contributed by atoms with Gasteiger partial charge in [0.15, 0.2) is 0 Å². The number of anilines is 2. The minimum atomic E-state index is -0.897. The van der Waals surface area contributed by atoms with Gasteiger partial charge in [0.1, 0.15) is 24.3 Å². The molecule has 1 aromatic carbocycles. The van der Waals surface area contributed by atoms with E-state index in [0.29, 0.717) is 37.8 Å². The fourth-order valence-corrected chi connectivity index (χ4v) is 5.22. The van der Waals surface area contributed by atoms with Gasteiger partial charge >= 0.3 is 5.97 Å². The summed E-state index contributed by atoms with van der Waals surface area (Å²) in [5.74, 6) is 1.27. The molecule has 0 spiro atoms.